The molecular weight excluding hydrogens is 556 g/mol. The molecule has 2 fully saturated rings. The standard InChI is InChI=1S/C30H34N6O5S/c37-28(21-35-26-12-5-4-11-25(26)32-33-35)36(29(27-13-8-20-41-27)30(38)31-22-9-2-3-10-22)23-14-16-24(17-15-23)42(39,40)34-18-6-1-7-19-34/h4-5,8,11-17,20,22,29H,1-3,6-7,9-10,18-19,21H2,(H,31,38)/t29-/m1/s1. The summed E-state index contributed by atoms with van der Waals surface area (Å²) in [6.07, 6.45) is 7.95. The normalized spacial score (nSPS) is 17.3. The van der Waals surface area contributed by atoms with E-state index < -0.39 is 22.0 Å². The van der Waals surface area contributed by atoms with Crippen molar-refractivity contribution in [3.8, 4) is 0 Å². The lowest BCUT2D eigenvalue weighted by molar-refractivity contribution is -0.127. The summed E-state index contributed by atoms with van der Waals surface area (Å²) < 4.78 is 35.3. The summed E-state index contributed by atoms with van der Waals surface area (Å²) in [4.78, 5) is 29.5. The summed E-state index contributed by atoms with van der Waals surface area (Å²) in [7, 11) is -3.68. The number of hydrogen-bond acceptors (Lipinski definition) is 7. The van der Waals surface area contributed by atoms with Crippen molar-refractivity contribution in [3.63, 3.8) is 0 Å². The molecule has 1 N–H and O–H groups in total. The molecule has 2 amide bonds. The first kappa shape index (κ1) is 28.1. The zero-order chi connectivity index (χ0) is 29.1. The Morgan fingerprint density at radius 1 is 0.952 bits per heavy atom. The van der Waals surface area contributed by atoms with Crippen LogP contribution >= 0.6 is 0 Å². The van der Waals surface area contributed by atoms with Gasteiger partial charge in [-0.15, -0.1) is 5.10 Å². The summed E-state index contributed by atoms with van der Waals surface area (Å²) in [5, 5.41) is 11.4. The summed E-state index contributed by atoms with van der Waals surface area (Å²) in [6, 6.07) is 15.7. The second kappa shape index (κ2) is 12.1. The highest BCUT2D eigenvalue weighted by atomic mass is 32.2. The molecule has 0 bridgehead atoms. The van der Waals surface area contributed by atoms with E-state index in [0.717, 1.165) is 44.9 Å². The van der Waals surface area contributed by atoms with Crippen molar-refractivity contribution in [1.82, 2.24) is 24.6 Å². The van der Waals surface area contributed by atoms with Crippen molar-refractivity contribution in [2.75, 3.05) is 18.0 Å². The SMILES string of the molecule is O=C(NC1CCCC1)[C@@H](c1ccco1)N(C(=O)Cn1nnc2ccccc21)c1ccc(S(=O)(=O)N2CCCCC2)cc1. The number of anilines is 1. The largest absolute Gasteiger partial charge is 0.467 e. The number of aromatic nitrogens is 3. The van der Waals surface area contributed by atoms with Gasteiger partial charge in [0.2, 0.25) is 15.9 Å². The van der Waals surface area contributed by atoms with Gasteiger partial charge in [-0.2, -0.15) is 4.31 Å². The maximum Gasteiger partial charge on any atom is 0.251 e. The average Bonchev–Trinajstić information content (AvgIpc) is 3.80. The number of rotatable bonds is 9. The molecule has 6 rings (SSSR count). The maximum absolute atomic E-state index is 14.2. The van der Waals surface area contributed by atoms with Crippen molar-refractivity contribution in [1.29, 1.82) is 0 Å². The van der Waals surface area contributed by atoms with E-state index in [0.29, 0.717) is 35.6 Å². The summed E-state index contributed by atoms with van der Waals surface area (Å²) in [5.74, 6) is -0.494. The Morgan fingerprint density at radius 3 is 2.40 bits per heavy atom. The summed E-state index contributed by atoms with van der Waals surface area (Å²) in [6.45, 7) is 0.785. The molecule has 12 heteroatoms. The highest BCUT2D eigenvalue weighted by Gasteiger charge is 2.37. The Bertz CT molecular complexity index is 1640. The number of hydrogen-bond donors (Lipinski definition) is 1. The maximum atomic E-state index is 14.2. The molecule has 1 atom stereocenters. The van der Waals surface area contributed by atoms with Gasteiger partial charge in [-0.25, -0.2) is 13.1 Å². The molecule has 0 radical (unpaired) electrons. The minimum atomic E-state index is -3.68. The van der Waals surface area contributed by atoms with Gasteiger partial charge in [0, 0.05) is 24.8 Å². The van der Waals surface area contributed by atoms with Crippen LogP contribution in [0.5, 0.6) is 0 Å². The van der Waals surface area contributed by atoms with Crippen LogP contribution in [0.3, 0.4) is 0 Å². The lowest BCUT2D eigenvalue weighted by Gasteiger charge is -2.31. The quantitative estimate of drug-likeness (QED) is 0.311. The van der Waals surface area contributed by atoms with Crippen LogP contribution in [0.1, 0.15) is 56.7 Å². The number of fused-ring (bicyclic) bond motifs is 1. The lowest BCUT2D eigenvalue weighted by Crippen LogP contribution is -2.47. The molecule has 2 aromatic heterocycles. The van der Waals surface area contributed by atoms with Crippen LogP contribution in [-0.4, -0.2) is 58.7 Å². The lowest BCUT2D eigenvalue weighted by atomic mass is 10.1. The van der Waals surface area contributed by atoms with Gasteiger partial charge in [0.1, 0.15) is 17.8 Å². The van der Waals surface area contributed by atoms with Crippen LogP contribution in [0.25, 0.3) is 11.0 Å². The third-order valence-corrected chi connectivity index (χ3v) is 9.98. The van der Waals surface area contributed by atoms with Crippen LogP contribution in [0.15, 0.2) is 76.2 Å². The molecule has 2 aliphatic rings. The number of furan rings is 1. The Hall–Kier alpha value is -4.03. The highest BCUT2D eigenvalue weighted by molar-refractivity contribution is 7.89. The minimum Gasteiger partial charge on any atom is -0.467 e. The number of piperidine rings is 1. The first-order chi connectivity index (χ1) is 20.4. The van der Waals surface area contributed by atoms with E-state index in [-0.39, 0.29) is 23.4 Å². The summed E-state index contributed by atoms with van der Waals surface area (Å²) in [5.41, 5.74) is 1.69. The summed E-state index contributed by atoms with van der Waals surface area (Å²) >= 11 is 0. The number of amides is 2. The Morgan fingerprint density at radius 2 is 1.69 bits per heavy atom. The topological polar surface area (TPSA) is 131 Å². The first-order valence-corrected chi connectivity index (χ1v) is 15.9. The second-order valence-electron chi connectivity index (χ2n) is 10.9. The van der Waals surface area contributed by atoms with Gasteiger partial charge in [-0.05, 0) is 74.2 Å². The molecule has 11 nitrogen and oxygen atoms in total. The fourth-order valence-electron chi connectivity index (χ4n) is 5.88. The van der Waals surface area contributed by atoms with E-state index in [1.165, 1.54) is 32.3 Å². The average molecular weight is 591 g/mol. The fraction of sp³-hybridized carbons (Fsp3) is 0.400. The van der Waals surface area contributed by atoms with Crippen molar-refractivity contribution in [2.45, 2.75) is 68.5 Å². The van der Waals surface area contributed by atoms with Gasteiger partial charge in [0.05, 0.1) is 16.7 Å². The molecule has 1 saturated heterocycles. The molecule has 0 unspecified atom stereocenters. The molecule has 1 aliphatic heterocycles. The second-order valence-corrected chi connectivity index (χ2v) is 12.8. The number of para-hydroxylation sites is 1. The molecule has 1 saturated carbocycles. The molecule has 0 spiro atoms. The van der Waals surface area contributed by atoms with Gasteiger partial charge in [0.25, 0.3) is 5.91 Å². The monoisotopic (exact) mass is 590 g/mol. The smallest absolute Gasteiger partial charge is 0.251 e. The minimum absolute atomic E-state index is 0.0169. The van der Waals surface area contributed by atoms with Gasteiger partial charge >= 0.3 is 0 Å². The van der Waals surface area contributed by atoms with Gasteiger partial charge in [-0.1, -0.05) is 36.6 Å². The number of nitrogens with one attached hydrogen (secondary N) is 1. The van der Waals surface area contributed by atoms with Crippen molar-refractivity contribution in [3.05, 3.63) is 72.7 Å². The zero-order valence-electron chi connectivity index (χ0n) is 23.3. The number of sulfonamides is 1. The number of nitrogens with zero attached hydrogens (tertiary/aromatic N) is 5. The third kappa shape index (κ3) is 5.68. The van der Waals surface area contributed by atoms with Gasteiger partial charge < -0.3 is 9.73 Å². The number of carbonyl (C=O) groups is 2. The molecule has 2 aromatic carbocycles. The highest BCUT2D eigenvalue weighted by Crippen LogP contribution is 2.32. The molecule has 3 heterocycles. The predicted molar refractivity (Wildman–Crippen MR) is 156 cm³/mol. The van der Waals surface area contributed by atoms with E-state index in [4.69, 9.17) is 4.42 Å². The van der Waals surface area contributed by atoms with E-state index >= 15 is 0 Å². The molecule has 220 valence electrons. The number of benzene rings is 2. The predicted octanol–water partition coefficient (Wildman–Crippen LogP) is 4.03. The third-order valence-electron chi connectivity index (χ3n) is 8.06. The number of carbonyl (C=O) groups excluding carboxylic acids is 2. The van der Waals surface area contributed by atoms with Crippen molar-refractivity contribution >= 4 is 38.6 Å². The van der Waals surface area contributed by atoms with Crippen molar-refractivity contribution < 1.29 is 22.4 Å². The van der Waals surface area contributed by atoms with Gasteiger partial charge in [0.15, 0.2) is 6.04 Å². The van der Waals surface area contributed by atoms with E-state index in [2.05, 4.69) is 15.6 Å². The Labute approximate surface area is 244 Å². The molecule has 4 aromatic rings. The van der Waals surface area contributed by atoms with E-state index in [9.17, 15) is 18.0 Å². The molecule has 1 aliphatic carbocycles. The van der Waals surface area contributed by atoms with Crippen molar-refractivity contribution in [2.24, 2.45) is 0 Å². The van der Waals surface area contributed by atoms with E-state index in [1.807, 2.05) is 24.3 Å². The van der Waals surface area contributed by atoms with Crippen LogP contribution in [0.2, 0.25) is 0 Å². The van der Waals surface area contributed by atoms with E-state index in [1.54, 1.807) is 24.3 Å². The Kier molecular flexibility index (Phi) is 8.07. The Balaban J connectivity index is 1.37. The fourth-order valence-corrected chi connectivity index (χ4v) is 7.40. The van der Waals surface area contributed by atoms with Crippen LogP contribution in [-0.2, 0) is 26.2 Å². The molecule has 42 heavy (non-hydrogen) atoms. The van der Waals surface area contributed by atoms with Crippen LogP contribution < -0.4 is 10.2 Å². The van der Waals surface area contributed by atoms with Gasteiger partial charge in [-0.3, -0.25) is 14.5 Å². The first-order valence-electron chi connectivity index (χ1n) is 14.5. The van der Waals surface area contributed by atoms with Crippen LogP contribution in [0.4, 0.5) is 5.69 Å². The molecular formula is C30H34N6O5S. The zero-order valence-corrected chi connectivity index (χ0v) is 24.1. The van der Waals surface area contributed by atoms with Crippen LogP contribution in [0, 0.1) is 0 Å².